The van der Waals surface area contributed by atoms with Gasteiger partial charge in [0.15, 0.2) is 5.58 Å². The molecule has 0 aliphatic carbocycles. The van der Waals surface area contributed by atoms with Crippen molar-refractivity contribution in [2.45, 2.75) is 26.2 Å². The molecule has 1 N–H and O–H groups in total. The first-order valence-electron chi connectivity index (χ1n) is 9.24. The maximum atomic E-state index is 11.0. The van der Waals surface area contributed by atoms with E-state index in [1.54, 1.807) is 18.2 Å². The molecule has 0 aliphatic rings. The van der Waals surface area contributed by atoms with E-state index in [-0.39, 0.29) is 5.56 Å². The van der Waals surface area contributed by atoms with Gasteiger partial charge in [0.05, 0.1) is 12.2 Å². The molecular weight excluding hydrogens is 344 g/mol. The van der Waals surface area contributed by atoms with E-state index in [2.05, 4.69) is 16.8 Å². The van der Waals surface area contributed by atoms with Crippen molar-refractivity contribution in [3.05, 3.63) is 54.1 Å². The lowest BCUT2D eigenvalue weighted by atomic mass is 10.2. The van der Waals surface area contributed by atoms with Crippen molar-refractivity contribution in [3.63, 3.8) is 0 Å². The maximum Gasteiger partial charge on any atom is 0.335 e. The Hall–Kier alpha value is -3.02. The Bertz CT molecular complexity index is 858. The van der Waals surface area contributed by atoms with Crippen molar-refractivity contribution < 1.29 is 19.1 Å². The van der Waals surface area contributed by atoms with E-state index in [9.17, 15) is 4.79 Å². The first-order chi connectivity index (χ1) is 13.2. The van der Waals surface area contributed by atoms with Crippen LogP contribution in [-0.4, -0.2) is 35.8 Å². The van der Waals surface area contributed by atoms with Crippen molar-refractivity contribution in [1.82, 2.24) is 4.98 Å². The van der Waals surface area contributed by atoms with E-state index in [0.717, 1.165) is 43.5 Å². The molecule has 1 aromatic heterocycles. The third-order valence-electron chi connectivity index (χ3n) is 4.26. The summed E-state index contributed by atoms with van der Waals surface area (Å²) in [5.74, 6) is -0.390. The van der Waals surface area contributed by atoms with Gasteiger partial charge in [-0.15, -0.1) is 0 Å². The molecule has 0 radical (unpaired) electrons. The number of carboxylic acids is 1. The Kier molecular flexibility index (Phi) is 6.30. The number of hydrogen-bond acceptors (Lipinski definition) is 5. The predicted molar refractivity (Wildman–Crippen MR) is 105 cm³/mol. The summed E-state index contributed by atoms with van der Waals surface area (Å²) in [6.45, 7) is 4.28. The summed E-state index contributed by atoms with van der Waals surface area (Å²) >= 11 is 0. The van der Waals surface area contributed by atoms with Gasteiger partial charge in [-0.1, -0.05) is 31.5 Å². The summed E-state index contributed by atoms with van der Waals surface area (Å²) < 4.78 is 11.6. The third kappa shape index (κ3) is 5.00. The minimum absolute atomic E-state index is 0.226. The number of unbranched alkanes of at least 4 members (excludes halogenated alkanes) is 1. The minimum atomic E-state index is -0.956. The number of fused-ring (bicyclic) bond motifs is 1. The summed E-state index contributed by atoms with van der Waals surface area (Å²) in [5, 5.41) is 9.04. The zero-order valence-electron chi connectivity index (χ0n) is 15.4. The fraction of sp³-hybridized carbons (Fsp3) is 0.333. The van der Waals surface area contributed by atoms with Gasteiger partial charge in [0.2, 0.25) is 0 Å². The molecular formula is C21H24N2O4. The number of aromatic carboxylic acids is 1. The number of benzene rings is 2. The molecule has 3 rings (SSSR count). The van der Waals surface area contributed by atoms with E-state index in [4.69, 9.17) is 14.3 Å². The molecule has 0 spiro atoms. The molecule has 0 amide bonds. The Morgan fingerprint density at radius 1 is 1.15 bits per heavy atom. The zero-order chi connectivity index (χ0) is 19.1. The average molecular weight is 368 g/mol. The molecule has 6 heteroatoms. The van der Waals surface area contributed by atoms with Crippen LogP contribution in [0, 0.1) is 0 Å². The maximum absolute atomic E-state index is 11.0. The number of ether oxygens (including phenoxy) is 1. The van der Waals surface area contributed by atoms with Crippen LogP contribution in [-0.2, 0) is 0 Å². The second-order valence-corrected chi connectivity index (χ2v) is 6.34. The minimum Gasteiger partial charge on any atom is -0.494 e. The standard InChI is InChI=1S/C21H24N2O4/c1-2-3-12-23(21-22-18-10-4-5-11-19(18)27-21)13-7-14-26-17-9-6-8-16(15-17)20(24)25/h4-6,8-11,15H,2-3,7,12-14H2,1H3,(H,24,25). The summed E-state index contributed by atoms with van der Waals surface area (Å²) in [7, 11) is 0. The average Bonchev–Trinajstić information content (AvgIpc) is 3.11. The largest absolute Gasteiger partial charge is 0.494 e. The van der Waals surface area contributed by atoms with Crippen molar-refractivity contribution in [2.24, 2.45) is 0 Å². The highest BCUT2D eigenvalue weighted by atomic mass is 16.5. The van der Waals surface area contributed by atoms with Crippen molar-refractivity contribution >= 4 is 23.1 Å². The SMILES string of the molecule is CCCCN(CCCOc1cccc(C(=O)O)c1)c1nc2ccccc2o1. The molecule has 0 aliphatic heterocycles. The van der Waals surface area contributed by atoms with E-state index in [1.807, 2.05) is 24.3 Å². The molecule has 0 fully saturated rings. The number of aromatic nitrogens is 1. The molecule has 3 aromatic rings. The number of nitrogens with zero attached hydrogens (tertiary/aromatic N) is 2. The third-order valence-corrected chi connectivity index (χ3v) is 4.26. The number of anilines is 1. The molecule has 142 valence electrons. The number of carboxylic acid groups (broad SMARTS) is 1. The summed E-state index contributed by atoms with van der Waals surface area (Å²) in [6, 6.07) is 14.9. The van der Waals surface area contributed by atoms with Crippen LogP contribution in [0.15, 0.2) is 52.9 Å². The zero-order valence-corrected chi connectivity index (χ0v) is 15.4. The van der Waals surface area contributed by atoms with Gasteiger partial charge in [0, 0.05) is 13.1 Å². The Morgan fingerprint density at radius 2 is 1.96 bits per heavy atom. The molecule has 0 atom stereocenters. The Morgan fingerprint density at radius 3 is 2.74 bits per heavy atom. The molecule has 27 heavy (non-hydrogen) atoms. The molecule has 0 saturated carbocycles. The number of hydrogen-bond donors (Lipinski definition) is 1. The van der Waals surface area contributed by atoms with Gasteiger partial charge < -0.3 is 19.2 Å². The summed E-state index contributed by atoms with van der Waals surface area (Å²) in [6.07, 6.45) is 2.93. The van der Waals surface area contributed by atoms with Crippen LogP contribution in [0.25, 0.3) is 11.1 Å². The van der Waals surface area contributed by atoms with Crippen LogP contribution >= 0.6 is 0 Å². The van der Waals surface area contributed by atoms with Gasteiger partial charge in [-0.3, -0.25) is 0 Å². The van der Waals surface area contributed by atoms with Crippen LogP contribution < -0.4 is 9.64 Å². The van der Waals surface area contributed by atoms with E-state index < -0.39 is 5.97 Å². The normalized spacial score (nSPS) is 10.9. The van der Waals surface area contributed by atoms with Crippen LogP contribution in [0.4, 0.5) is 6.01 Å². The lowest BCUT2D eigenvalue weighted by molar-refractivity contribution is 0.0696. The van der Waals surface area contributed by atoms with Gasteiger partial charge in [0.25, 0.3) is 6.01 Å². The Labute approximate surface area is 158 Å². The number of rotatable bonds is 10. The lowest BCUT2D eigenvalue weighted by Crippen LogP contribution is -2.27. The smallest absolute Gasteiger partial charge is 0.335 e. The molecule has 0 unspecified atom stereocenters. The van der Waals surface area contributed by atoms with Gasteiger partial charge >= 0.3 is 5.97 Å². The quantitative estimate of drug-likeness (QED) is 0.527. The highest BCUT2D eigenvalue weighted by molar-refractivity contribution is 5.88. The molecule has 1 heterocycles. The van der Waals surface area contributed by atoms with Crippen LogP contribution in [0.3, 0.4) is 0 Å². The summed E-state index contributed by atoms with van der Waals surface area (Å²) in [5.41, 5.74) is 1.87. The molecule has 0 bridgehead atoms. The van der Waals surface area contributed by atoms with E-state index in [0.29, 0.717) is 18.4 Å². The van der Waals surface area contributed by atoms with Crippen LogP contribution in [0.2, 0.25) is 0 Å². The van der Waals surface area contributed by atoms with Crippen molar-refractivity contribution in [1.29, 1.82) is 0 Å². The first-order valence-corrected chi connectivity index (χ1v) is 9.24. The van der Waals surface area contributed by atoms with Crippen LogP contribution in [0.5, 0.6) is 5.75 Å². The molecule has 0 saturated heterocycles. The topological polar surface area (TPSA) is 75.8 Å². The highest BCUT2D eigenvalue weighted by Gasteiger charge is 2.13. The first kappa shape index (κ1) is 18.8. The van der Waals surface area contributed by atoms with Gasteiger partial charge in [-0.05, 0) is 43.2 Å². The number of para-hydroxylation sites is 2. The Balaban J connectivity index is 1.58. The fourth-order valence-corrected chi connectivity index (χ4v) is 2.81. The second kappa shape index (κ2) is 9.07. The fourth-order valence-electron chi connectivity index (χ4n) is 2.81. The number of oxazole rings is 1. The van der Waals surface area contributed by atoms with E-state index in [1.165, 1.54) is 6.07 Å². The van der Waals surface area contributed by atoms with Gasteiger partial charge in [-0.2, -0.15) is 4.98 Å². The van der Waals surface area contributed by atoms with Crippen molar-refractivity contribution in [2.75, 3.05) is 24.6 Å². The second-order valence-electron chi connectivity index (χ2n) is 6.34. The number of carbonyl (C=O) groups is 1. The lowest BCUT2D eigenvalue weighted by Gasteiger charge is -2.20. The van der Waals surface area contributed by atoms with Crippen LogP contribution in [0.1, 0.15) is 36.5 Å². The van der Waals surface area contributed by atoms with Crippen molar-refractivity contribution in [3.8, 4) is 5.75 Å². The predicted octanol–water partition coefficient (Wildman–Crippen LogP) is 4.60. The van der Waals surface area contributed by atoms with E-state index >= 15 is 0 Å². The van der Waals surface area contributed by atoms with Gasteiger partial charge in [-0.25, -0.2) is 4.79 Å². The highest BCUT2D eigenvalue weighted by Crippen LogP contribution is 2.22. The summed E-state index contributed by atoms with van der Waals surface area (Å²) in [4.78, 5) is 17.8. The van der Waals surface area contributed by atoms with Gasteiger partial charge in [0.1, 0.15) is 11.3 Å². The monoisotopic (exact) mass is 368 g/mol. The molecule has 6 nitrogen and oxygen atoms in total. The molecule has 2 aromatic carbocycles.